The van der Waals surface area contributed by atoms with Gasteiger partial charge in [-0.25, -0.2) is 0 Å². The lowest BCUT2D eigenvalue weighted by Gasteiger charge is -1.99. The monoisotopic (exact) mass is 285 g/mol. The molecule has 0 aliphatic rings. The zero-order valence-corrected chi connectivity index (χ0v) is 9.04. The first-order valence-electron chi connectivity index (χ1n) is 3.97. The Labute approximate surface area is 89.1 Å². The Morgan fingerprint density at radius 3 is 2.77 bits per heavy atom. The molecule has 0 fully saturated rings. The van der Waals surface area contributed by atoms with E-state index in [1.54, 1.807) is 6.07 Å². The molecule has 0 amide bonds. The highest BCUT2D eigenvalue weighted by atomic mass is 127. The number of H-pyrrole nitrogens is 1. The number of aromatic amines is 1. The number of alkyl halides is 1. The van der Waals surface area contributed by atoms with Crippen molar-refractivity contribution in [1.29, 1.82) is 0 Å². The summed E-state index contributed by atoms with van der Waals surface area (Å²) in [4.78, 5) is 13.8. The Morgan fingerprint density at radius 2 is 2.00 bits per heavy atom. The maximum atomic E-state index is 11.0. The molecule has 0 spiro atoms. The van der Waals surface area contributed by atoms with Crippen LogP contribution in [0.4, 0.5) is 0 Å². The second kappa shape index (κ2) is 3.49. The molecule has 1 aromatic carbocycles. The Balaban J connectivity index is 2.75. The molecule has 0 atom stereocenters. The number of pyridine rings is 1. The molecule has 2 nitrogen and oxygen atoms in total. The molecule has 0 bridgehead atoms. The fraction of sp³-hybridized carbons (Fsp3) is 0.100. The third-order valence-electron chi connectivity index (χ3n) is 1.94. The summed E-state index contributed by atoms with van der Waals surface area (Å²) in [6.45, 7) is 0. The molecule has 0 aliphatic heterocycles. The van der Waals surface area contributed by atoms with Crippen LogP contribution >= 0.6 is 22.6 Å². The van der Waals surface area contributed by atoms with Gasteiger partial charge in [0.15, 0.2) is 0 Å². The number of hydrogen-bond donors (Lipinski definition) is 1. The molecule has 1 heterocycles. The lowest BCUT2D eigenvalue weighted by atomic mass is 10.1. The van der Waals surface area contributed by atoms with Crippen LogP contribution in [-0.2, 0) is 4.43 Å². The highest BCUT2D eigenvalue weighted by molar-refractivity contribution is 14.1. The van der Waals surface area contributed by atoms with Gasteiger partial charge in [0.05, 0.1) is 0 Å². The van der Waals surface area contributed by atoms with E-state index in [4.69, 9.17) is 0 Å². The maximum Gasteiger partial charge on any atom is 0.248 e. The van der Waals surface area contributed by atoms with Gasteiger partial charge in [0, 0.05) is 16.0 Å². The van der Waals surface area contributed by atoms with Gasteiger partial charge >= 0.3 is 0 Å². The van der Waals surface area contributed by atoms with Crippen LogP contribution in [0.1, 0.15) is 5.56 Å². The van der Waals surface area contributed by atoms with Gasteiger partial charge in [-0.1, -0.05) is 34.7 Å². The molecule has 0 aliphatic carbocycles. The average molecular weight is 285 g/mol. The summed E-state index contributed by atoms with van der Waals surface area (Å²) in [6.07, 6.45) is 0. The highest BCUT2D eigenvalue weighted by Gasteiger charge is 1.95. The second-order valence-electron chi connectivity index (χ2n) is 2.88. The summed E-state index contributed by atoms with van der Waals surface area (Å²) in [7, 11) is 0. The predicted octanol–water partition coefficient (Wildman–Crippen LogP) is 2.46. The van der Waals surface area contributed by atoms with Gasteiger partial charge in [-0.3, -0.25) is 4.79 Å². The smallest absolute Gasteiger partial charge is 0.248 e. The standard InChI is InChI=1S/C10H8INO/c11-6-7-1-2-8-3-4-10(13)12-9(8)5-7/h1-5H,6H2,(H,12,13). The van der Waals surface area contributed by atoms with Crippen LogP contribution in [0.3, 0.4) is 0 Å². The molecule has 1 aromatic heterocycles. The van der Waals surface area contributed by atoms with Crippen LogP contribution in [0, 0.1) is 0 Å². The third kappa shape index (κ3) is 1.75. The van der Waals surface area contributed by atoms with Gasteiger partial charge in [0.25, 0.3) is 0 Å². The van der Waals surface area contributed by atoms with E-state index in [0.29, 0.717) is 0 Å². The summed E-state index contributed by atoms with van der Waals surface area (Å²) in [5.41, 5.74) is 2.11. The molecule has 0 saturated heterocycles. The predicted molar refractivity (Wildman–Crippen MR) is 62.3 cm³/mol. The highest BCUT2D eigenvalue weighted by Crippen LogP contribution is 2.13. The van der Waals surface area contributed by atoms with Crippen molar-refractivity contribution in [2.24, 2.45) is 0 Å². The summed E-state index contributed by atoms with van der Waals surface area (Å²) in [6, 6.07) is 9.51. The third-order valence-corrected chi connectivity index (χ3v) is 2.82. The molecule has 3 heteroatoms. The van der Waals surface area contributed by atoms with Crippen molar-refractivity contribution in [2.45, 2.75) is 4.43 Å². The van der Waals surface area contributed by atoms with Crippen LogP contribution in [0.5, 0.6) is 0 Å². The van der Waals surface area contributed by atoms with E-state index in [9.17, 15) is 4.79 Å². The van der Waals surface area contributed by atoms with Crippen LogP contribution in [0.2, 0.25) is 0 Å². The van der Waals surface area contributed by atoms with E-state index in [1.165, 1.54) is 5.56 Å². The Bertz CT molecular complexity index is 489. The Hall–Kier alpha value is -0.840. The van der Waals surface area contributed by atoms with E-state index >= 15 is 0 Å². The van der Waals surface area contributed by atoms with E-state index in [1.807, 2.05) is 18.2 Å². The van der Waals surface area contributed by atoms with Crippen molar-refractivity contribution in [3.05, 3.63) is 46.2 Å². The molecule has 2 rings (SSSR count). The van der Waals surface area contributed by atoms with E-state index in [0.717, 1.165) is 15.3 Å². The molecule has 66 valence electrons. The van der Waals surface area contributed by atoms with Gasteiger partial charge in [-0.2, -0.15) is 0 Å². The molecule has 0 saturated carbocycles. The van der Waals surface area contributed by atoms with Gasteiger partial charge in [-0.15, -0.1) is 0 Å². The fourth-order valence-corrected chi connectivity index (χ4v) is 1.75. The summed E-state index contributed by atoms with van der Waals surface area (Å²) < 4.78 is 0.963. The number of aromatic nitrogens is 1. The van der Waals surface area contributed by atoms with E-state index < -0.39 is 0 Å². The lowest BCUT2D eigenvalue weighted by molar-refractivity contribution is 1.30. The van der Waals surface area contributed by atoms with Crippen LogP contribution in [0.15, 0.2) is 35.1 Å². The number of rotatable bonds is 1. The Morgan fingerprint density at radius 1 is 1.23 bits per heavy atom. The summed E-state index contributed by atoms with van der Waals surface area (Å²) in [5.74, 6) is 0. The van der Waals surface area contributed by atoms with Gasteiger partial charge in [0.2, 0.25) is 5.56 Å². The van der Waals surface area contributed by atoms with Crippen LogP contribution in [-0.4, -0.2) is 4.98 Å². The number of halogens is 1. The second-order valence-corrected chi connectivity index (χ2v) is 3.64. The minimum absolute atomic E-state index is 0.0434. The summed E-state index contributed by atoms with van der Waals surface area (Å²) >= 11 is 2.30. The first-order valence-corrected chi connectivity index (χ1v) is 5.50. The molecule has 1 N–H and O–H groups in total. The zero-order chi connectivity index (χ0) is 9.26. The van der Waals surface area contributed by atoms with Crippen molar-refractivity contribution in [1.82, 2.24) is 4.98 Å². The zero-order valence-electron chi connectivity index (χ0n) is 6.88. The van der Waals surface area contributed by atoms with Gasteiger partial charge in [-0.05, 0) is 23.1 Å². The van der Waals surface area contributed by atoms with E-state index in [2.05, 4.69) is 33.6 Å². The first-order chi connectivity index (χ1) is 6.29. The lowest BCUT2D eigenvalue weighted by Crippen LogP contribution is -2.02. The molecule has 0 unspecified atom stereocenters. The van der Waals surface area contributed by atoms with E-state index in [-0.39, 0.29) is 5.56 Å². The molecule has 13 heavy (non-hydrogen) atoms. The van der Waals surface area contributed by atoms with Gasteiger partial charge < -0.3 is 4.98 Å². The number of fused-ring (bicyclic) bond motifs is 1. The number of benzene rings is 1. The van der Waals surface area contributed by atoms with Crippen molar-refractivity contribution < 1.29 is 0 Å². The SMILES string of the molecule is O=c1ccc2ccc(CI)cc2[nH]1. The number of hydrogen-bond acceptors (Lipinski definition) is 1. The van der Waals surface area contributed by atoms with Crippen molar-refractivity contribution in [3.8, 4) is 0 Å². The van der Waals surface area contributed by atoms with Crippen molar-refractivity contribution in [2.75, 3.05) is 0 Å². The first kappa shape index (κ1) is 8.74. The van der Waals surface area contributed by atoms with Crippen molar-refractivity contribution in [3.63, 3.8) is 0 Å². The van der Waals surface area contributed by atoms with Crippen LogP contribution in [0.25, 0.3) is 10.9 Å². The fourth-order valence-electron chi connectivity index (χ4n) is 1.28. The Kier molecular flexibility index (Phi) is 2.35. The topological polar surface area (TPSA) is 32.9 Å². The van der Waals surface area contributed by atoms with Crippen molar-refractivity contribution >= 4 is 33.5 Å². The largest absolute Gasteiger partial charge is 0.322 e. The maximum absolute atomic E-state index is 11.0. The molecular weight excluding hydrogens is 277 g/mol. The quantitative estimate of drug-likeness (QED) is 0.633. The minimum Gasteiger partial charge on any atom is -0.322 e. The number of nitrogens with one attached hydrogen (secondary N) is 1. The molecular formula is C10H8INO. The normalized spacial score (nSPS) is 10.5. The minimum atomic E-state index is -0.0434. The molecule has 0 radical (unpaired) electrons. The molecule has 2 aromatic rings. The average Bonchev–Trinajstić information content (AvgIpc) is 2.16. The van der Waals surface area contributed by atoms with Gasteiger partial charge in [0.1, 0.15) is 0 Å². The van der Waals surface area contributed by atoms with Crippen LogP contribution < -0.4 is 5.56 Å². The summed E-state index contributed by atoms with van der Waals surface area (Å²) in [5, 5.41) is 1.08.